The number of carbonyl (C=O) groups excluding carboxylic acids is 1. The zero-order chi connectivity index (χ0) is 14.8. The van der Waals surface area contributed by atoms with Crippen LogP contribution in [0.15, 0.2) is 22.7 Å². The Morgan fingerprint density at radius 3 is 2.55 bits per heavy atom. The van der Waals surface area contributed by atoms with Crippen LogP contribution in [-0.2, 0) is 0 Å². The Bertz CT molecular complexity index is 489. The summed E-state index contributed by atoms with van der Waals surface area (Å²) >= 11 is 3.41. The average Bonchev–Trinajstić information content (AvgIpc) is 2.41. The molecule has 0 heterocycles. The van der Waals surface area contributed by atoms with Gasteiger partial charge in [-0.3, -0.25) is 4.79 Å². The molecule has 0 aromatic heterocycles. The number of hydrogen-bond acceptors (Lipinski definition) is 2. The summed E-state index contributed by atoms with van der Waals surface area (Å²) in [5.41, 5.74) is 1.09. The van der Waals surface area contributed by atoms with E-state index in [4.69, 9.17) is 4.74 Å². The lowest BCUT2D eigenvalue weighted by molar-refractivity contribution is 0.0909. The Balaban J connectivity index is 1.97. The van der Waals surface area contributed by atoms with E-state index in [2.05, 4.69) is 35.1 Å². The van der Waals surface area contributed by atoms with Crippen molar-refractivity contribution in [3.63, 3.8) is 0 Å². The van der Waals surface area contributed by atoms with E-state index in [1.807, 2.05) is 6.07 Å². The van der Waals surface area contributed by atoms with Crippen LogP contribution in [-0.4, -0.2) is 19.1 Å². The van der Waals surface area contributed by atoms with E-state index in [9.17, 15) is 4.79 Å². The first-order chi connectivity index (χ1) is 9.41. The molecular weight excluding hydrogens is 318 g/mol. The lowest BCUT2D eigenvalue weighted by atomic mass is 9.75. The average molecular weight is 340 g/mol. The highest BCUT2D eigenvalue weighted by molar-refractivity contribution is 9.10. The fraction of sp³-hybridized carbons (Fsp3) is 0.562. The highest BCUT2D eigenvalue weighted by Crippen LogP contribution is 2.35. The van der Waals surface area contributed by atoms with Crippen molar-refractivity contribution in [2.45, 2.75) is 45.6 Å². The Hall–Kier alpha value is -1.03. The van der Waals surface area contributed by atoms with Gasteiger partial charge in [0.05, 0.1) is 11.6 Å². The third kappa shape index (κ3) is 3.75. The van der Waals surface area contributed by atoms with E-state index in [1.54, 1.807) is 19.2 Å². The molecule has 0 aliphatic heterocycles. The first-order valence-electron chi connectivity index (χ1n) is 7.06. The maximum atomic E-state index is 12.3. The number of amides is 1. The van der Waals surface area contributed by atoms with E-state index < -0.39 is 0 Å². The fourth-order valence-electron chi connectivity index (χ4n) is 2.62. The molecule has 0 radical (unpaired) electrons. The van der Waals surface area contributed by atoms with Gasteiger partial charge in [-0.1, -0.05) is 13.8 Å². The number of methoxy groups -OCH3 is 1. The molecule has 1 aromatic carbocycles. The van der Waals surface area contributed by atoms with Crippen molar-refractivity contribution in [2.24, 2.45) is 5.41 Å². The standard InChI is InChI=1S/C16H22BrNO2/c1-16(2)8-6-12(7-9-16)18-15(19)11-4-5-14(20-3)13(17)10-11/h4-5,10,12H,6-9H2,1-3H3,(H,18,19). The van der Waals surface area contributed by atoms with Crippen LogP contribution in [0.4, 0.5) is 0 Å². The van der Waals surface area contributed by atoms with Crippen molar-refractivity contribution in [1.82, 2.24) is 5.32 Å². The zero-order valence-electron chi connectivity index (χ0n) is 12.3. The Kier molecular flexibility index (Phi) is 4.74. The molecule has 4 heteroatoms. The zero-order valence-corrected chi connectivity index (χ0v) is 13.9. The van der Waals surface area contributed by atoms with Gasteiger partial charge in [-0.05, 0) is 65.2 Å². The molecule has 0 saturated heterocycles. The number of hydrogen-bond donors (Lipinski definition) is 1. The van der Waals surface area contributed by atoms with Crippen molar-refractivity contribution in [3.05, 3.63) is 28.2 Å². The number of rotatable bonds is 3. The van der Waals surface area contributed by atoms with Crippen LogP contribution < -0.4 is 10.1 Å². The van der Waals surface area contributed by atoms with Gasteiger partial charge in [0.25, 0.3) is 5.91 Å². The van der Waals surface area contributed by atoms with E-state index in [1.165, 1.54) is 12.8 Å². The molecule has 20 heavy (non-hydrogen) atoms. The van der Waals surface area contributed by atoms with Crippen LogP contribution in [0.3, 0.4) is 0 Å². The molecule has 1 amide bonds. The van der Waals surface area contributed by atoms with Gasteiger partial charge in [-0.25, -0.2) is 0 Å². The predicted molar refractivity (Wildman–Crippen MR) is 84.2 cm³/mol. The van der Waals surface area contributed by atoms with Crippen LogP contribution in [0, 0.1) is 5.41 Å². The third-order valence-corrected chi connectivity index (χ3v) is 4.71. The minimum absolute atomic E-state index is 0.00180. The topological polar surface area (TPSA) is 38.3 Å². The summed E-state index contributed by atoms with van der Waals surface area (Å²) in [5.74, 6) is 0.735. The molecule has 1 N–H and O–H groups in total. The number of carbonyl (C=O) groups is 1. The van der Waals surface area contributed by atoms with Gasteiger partial charge in [0, 0.05) is 11.6 Å². The summed E-state index contributed by atoms with van der Waals surface area (Å²) < 4.78 is 5.98. The predicted octanol–water partition coefficient (Wildman–Crippen LogP) is 4.16. The third-order valence-electron chi connectivity index (χ3n) is 4.09. The minimum atomic E-state index is -0.00180. The summed E-state index contributed by atoms with van der Waals surface area (Å²) in [6.07, 6.45) is 4.47. The summed E-state index contributed by atoms with van der Waals surface area (Å²) in [4.78, 5) is 12.3. The molecule has 0 atom stereocenters. The van der Waals surface area contributed by atoms with Gasteiger partial charge in [-0.2, -0.15) is 0 Å². The molecule has 0 spiro atoms. The molecule has 0 unspecified atom stereocenters. The smallest absolute Gasteiger partial charge is 0.251 e. The van der Waals surface area contributed by atoms with Crippen molar-refractivity contribution >= 4 is 21.8 Å². The minimum Gasteiger partial charge on any atom is -0.496 e. The van der Waals surface area contributed by atoms with Crippen LogP contribution in [0.25, 0.3) is 0 Å². The highest BCUT2D eigenvalue weighted by atomic mass is 79.9. The van der Waals surface area contributed by atoms with Crippen molar-refractivity contribution in [3.8, 4) is 5.75 Å². The van der Waals surface area contributed by atoms with Crippen molar-refractivity contribution < 1.29 is 9.53 Å². The van der Waals surface area contributed by atoms with Crippen molar-refractivity contribution in [2.75, 3.05) is 7.11 Å². The molecule has 1 fully saturated rings. The molecule has 1 aromatic rings. The molecule has 2 rings (SSSR count). The number of halogens is 1. The molecule has 3 nitrogen and oxygen atoms in total. The first-order valence-corrected chi connectivity index (χ1v) is 7.85. The van der Waals surface area contributed by atoms with E-state index in [-0.39, 0.29) is 5.91 Å². The fourth-order valence-corrected chi connectivity index (χ4v) is 3.16. The van der Waals surface area contributed by atoms with Gasteiger partial charge in [0.15, 0.2) is 0 Å². The van der Waals surface area contributed by atoms with Crippen LogP contribution in [0.1, 0.15) is 49.9 Å². The van der Waals surface area contributed by atoms with Gasteiger partial charge < -0.3 is 10.1 Å². The van der Waals surface area contributed by atoms with Gasteiger partial charge in [0.1, 0.15) is 5.75 Å². The molecule has 1 aliphatic rings. The summed E-state index contributed by atoms with van der Waals surface area (Å²) in [6, 6.07) is 5.71. The second-order valence-corrected chi connectivity index (χ2v) is 7.12. The quantitative estimate of drug-likeness (QED) is 0.897. The summed E-state index contributed by atoms with van der Waals surface area (Å²) in [7, 11) is 1.61. The highest BCUT2D eigenvalue weighted by Gasteiger charge is 2.27. The van der Waals surface area contributed by atoms with Gasteiger partial charge >= 0.3 is 0 Å². The maximum Gasteiger partial charge on any atom is 0.251 e. The first kappa shape index (κ1) is 15.4. The van der Waals surface area contributed by atoms with Gasteiger partial charge in [-0.15, -0.1) is 0 Å². The lowest BCUT2D eigenvalue weighted by Gasteiger charge is -2.34. The Labute approximate surface area is 129 Å². The summed E-state index contributed by atoms with van der Waals surface area (Å²) in [5, 5.41) is 3.14. The van der Waals surface area contributed by atoms with E-state index >= 15 is 0 Å². The van der Waals surface area contributed by atoms with Crippen LogP contribution >= 0.6 is 15.9 Å². The normalized spacial score (nSPS) is 18.6. The van der Waals surface area contributed by atoms with Crippen molar-refractivity contribution in [1.29, 1.82) is 0 Å². The Morgan fingerprint density at radius 1 is 1.35 bits per heavy atom. The maximum absolute atomic E-state index is 12.3. The monoisotopic (exact) mass is 339 g/mol. The number of nitrogens with one attached hydrogen (secondary N) is 1. The van der Waals surface area contributed by atoms with Crippen LogP contribution in [0.5, 0.6) is 5.75 Å². The molecular formula is C16H22BrNO2. The van der Waals surface area contributed by atoms with E-state index in [0.29, 0.717) is 17.0 Å². The Morgan fingerprint density at radius 2 is 2.00 bits per heavy atom. The second kappa shape index (κ2) is 6.17. The van der Waals surface area contributed by atoms with Gasteiger partial charge in [0.2, 0.25) is 0 Å². The molecule has 1 saturated carbocycles. The SMILES string of the molecule is COc1ccc(C(=O)NC2CCC(C)(C)CC2)cc1Br. The van der Waals surface area contributed by atoms with E-state index in [0.717, 1.165) is 23.1 Å². The largest absolute Gasteiger partial charge is 0.496 e. The summed E-state index contributed by atoms with van der Waals surface area (Å²) in [6.45, 7) is 4.59. The molecule has 0 bridgehead atoms. The number of ether oxygens (including phenoxy) is 1. The van der Waals surface area contributed by atoms with Crippen LogP contribution in [0.2, 0.25) is 0 Å². The second-order valence-electron chi connectivity index (χ2n) is 6.26. The number of benzene rings is 1. The molecule has 110 valence electrons. The lowest BCUT2D eigenvalue weighted by Crippen LogP contribution is -2.39. The molecule has 1 aliphatic carbocycles.